The molecule has 0 saturated carbocycles. The summed E-state index contributed by atoms with van der Waals surface area (Å²) in [7, 11) is -1.44. The number of ether oxygens (including phenoxy) is 1. The highest BCUT2D eigenvalue weighted by Gasteiger charge is 2.36. The van der Waals surface area contributed by atoms with Crippen molar-refractivity contribution in [1.82, 2.24) is 10.2 Å². The zero-order valence-corrected chi connectivity index (χ0v) is 15.7. The zero-order chi connectivity index (χ0) is 18.2. The van der Waals surface area contributed by atoms with Crippen LogP contribution in [-0.4, -0.2) is 64.3 Å². The van der Waals surface area contributed by atoms with Gasteiger partial charge in [-0.25, -0.2) is 8.42 Å². The normalized spacial score (nSPS) is 22.2. The summed E-state index contributed by atoms with van der Waals surface area (Å²) in [6.45, 7) is 3.76. The Morgan fingerprint density at radius 3 is 2.60 bits per heavy atom. The summed E-state index contributed by atoms with van der Waals surface area (Å²) < 4.78 is 31.4. The average Bonchev–Trinajstić information content (AvgIpc) is 2.55. The van der Waals surface area contributed by atoms with Crippen molar-refractivity contribution in [1.29, 1.82) is 0 Å². The molecule has 25 heavy (non-hydrogen) atoms. The number of benzene rings is 1. The highest BCUT2D eigenvalue weighted by Crippen LogP contribution is 2.35. The first-order chi connectivity index (χ1) is 11.7. The van der Waals surface area contributed by atoms with E-state index in [9.17, 15) is 13.2 Å². The molecule has 7 nitrogen and oxygen atoms in total. The minimum Gasteiger partial charge on any atom is -0.476 e. The molecule has 1 fully saturated rings. The molecule has 2 aliphatic heterocycles. The summed E-state index contributed by atoms with van der Waals surface area (Å²) in [6.07, 6.45) is 2.09. The van der Waals surface area contributed by atoms with Crippen molar-refractivity contribution < 1.29 is 17.9 Å². The molecule has 0 aliphatic carbocycles. The molecule has 0 radical (unpaired) electrons. The van der Waals surface area contributed by atoms with Gasteiger partial charge in [0, 0.05) is 6.04 Å². The van der Waals surface area contributed by atoms with Gasteiger partial charge >= 0.3 is 0 Å². The number of rotatable bonds is 3. The first kappa shape index (κ1) is 18.0. The quantitative estimate of drug-likeness (QED) is 0.852. The third kappa shape index (κ3) is 4.07. The van der Waals surface area contributed by atoms with Crippen molar-refractivity contribution in [2.24, 2.45) is 0 Å². The van der Waals surface area contributed by atoms with E-state index in [2.05, 4.69) is 17.3 Å². The molecule has 138 valence electrons. The SMILES string of the molecule is Cc1ccc2c(c1)N(S(C)(=O)=O)CC(C(=O)NC1CCN(C)CC1)O2. The maximum absolute atomic E-state index is 12.6. The molecule has 2 aliphatic rings. The van der Waals surface area contributed by atoms with E-state index in [-0.39, 0.29) is 18.5 Å². The van der Waals surface area contributed by atoms with Crippen molar-refractivity contribution >= 4 is 21.6 Å². The van der Waals surface area contributed by atoms with Crippen molar-refractivity contribution in [2.45, 2.75) is 31.9 Å². The van der Waals surface area contributed by atoms with Gasteiger partial charge in [0.15, 0.2) is 6.10 Å². The van der Waals surface area contributed by atoms with E-state index < -0.39 is 16.1 Å². The fraction of sp³-hybridized carbons (Fsp3) is 0.588. The first-order valence-corrected chi connectivity index (χ1v) is 10.3. The highest BCUT2D eigenvalue weighted by atomic mass is 32.2. The number of likely N-dealkylation sites (tertiary alicyclic amines) is 1. The topological polar surface area (TPSA) is 79.0 Å². The number of aryl methyl sites for hydroxylation is 1. The van der Waals surface area contributed by atoms with E-state index in [4.69, 9.17) is 4.74 Å². The second-order valence-corrected chi connectivity index (χ2v) is 8.86. The van der Waals surface area contributed by atoms with Crippen LogP contribution in [-0.2, 0) is 14.8 Å². The standard InChI is InChI=1S/C17H25N3O4S/c1-12-4-5-15-14(10-12)20(25(3,22)23)11-16(24-15)17(21)18-13-6-8-19(2)9-7-13/h4-5,10,13,16H,6-9,11H2,1-3H3,(H,18,21). The van der Waals surface area contributed by atoms with Gasteiger partial charge in [0.2, 0.25) is 10.0 Å². The number of piperidine rings is 1. The molecule has 0 aromatic heterocycles. The van der Waals surface area contributed by atoms with Gasteiger partial charge < -0.3 is 15.0 Å². The van der Waals surface area contributed by atoms with Gasteiger partial charge in [0.25, 0.3) is 5.91 Å². The van der Waals surface area contributed by atoms with Crippen molar-refractivity contribution in [3.63, 3.8) is 0 Å². The maximum Gasteiger partial charge on any atom is 0.263 e. The average molecular weight is 367 g/mol. The van der Waals surface area contributed by atoms with Crippen LogP contribution in [0.3, 0.4) is 0 Å². The van der Waals surface area contributed by atoms with Crippen molar-refractivity contribution in [3.05, 3.63) is 23.8 Å². The van der Waals surface area contributed by atoms with E-state index in [1.807, 2.05) is 13.0 Å². The number of hydrogen-bond acceptors (Lipinski definition) is 5. The van der Waals surface area contributed by atoms with Crippen LogP contribution in [0.15, 0.2) is 18.2 Å². The van der Waals surface area contributed by atoms with Crippen LogP contribution in [0.5, 0.6) is 5.75 Å². The molecule has 2 heterocycles. The van der Waals surface area contributed by atoms with Crippen LogP contribution in [0.4, 0.5) is 5.69 Å². The first-order valence-electron chi connectivity index (χ1n) is 8.48. The van der Waals surface area contributed by atoms with E-state index in [1.165, 1.54) is 4.31 Å². The fourth-order valence-corrected chi connectivity index (χ4v) is 4.17. The van der Waals surface area contributed by atoms with Gasteiger partial charge in [0.05, 0.1) is 18.5 Å². The molecule has 1 unspecified atom stereocenters. The largest absolute Gasteiger partial charge is 0.476 e. The minimum absolute atomic E-state index is 0.00621. The number of nitrogens with one attached hydrogen (secondary N) is 1. The summed E-state index contributed by atoms with van der Waals surface area (Å²) in [4.78, 5) is 14.9. The minimum atomic E-state index is -3.50. The Balaban J connectivity index is 1.77. The lowest BCUT2D eigenvalue weighted by Crippen LogP contribution is -2.53. The van der Waals surface area contributed by atoms with E-state index in [0.717, 1.165) is 37.8 Å². The monoisotopic (exact) mass is 367 g/mol. The predicted octanol–water partition coefficient (Wildman–Crippen LogP) is 0.732. The Morgan fingerprint density at radius 1 is 1.28 bits per heavy atom. The number of anilines is 1. The smallest absolute Gasteiger partial charge is 0.263 e. The Morgan fingerprint density at radius 2 is 1.96 bits per heavy atom. The van der Waals surface area contributed by atoms with Crippen LogP contribution in [0.1, 0.15) is 18.4 Å². The van der Waals surface area contributed by atoms with Crippen LogP contribution in [0.25, 0.3) is 0 Å². The molecule has 1 aromatic rings. The number of sulfonamides is 1. The Bertz CT molecular complexity index is 757. The van der Waals surface area contributed by atoms with Crippen LogP contribution in [0, 0.1) is 6.92 Å². The van der Waals surface area contributed by atoms with E-state index in [1.54, 1.807) is 12.1 Å². The Kier molecular flexibility index (Phi) is 4.92. The number of hydrogen-bond donors (Lipinski definition) is 1. The van der Waals surface area contributed by atoms with E-state index >= 15 is 0 Å². The second-order valence-electron chi connectivity index (χ2n) is 6.96. The van der Waals surface area contributed by atoms with Crippen LogP contribution < -0.4 is 14.4 Å². The molecule has 1 saturated heterocycles. The van der Waals surface area contributed by atoms with Crippen molar-refractivity contribution in [2.75, 3.05) is 37.2 Å². The van der Waals surface area contributed by atoms with Gasteiger partial charge in [-0.05, 0) is 57.6 Å². The van der Waals surface area contributed by atoms with Gasteiger partial charge in [-0.15, -0.1) is 0 Å². The van der Waals surface area contributed by atoms with Crippen LogP contribution in [0.2, 0.25) is 0 Å². The summed E-state index contributed by atoms with van der Waals surface area (Å²) in [5.74, 6) is 0.167. The molecule has 3 rings (SSSR count). The lowest BCUT2D eigenvalue weighted by molar-refractivity contribution is -0.128. The second kappa shape index (κ2) is 6.84. The van der Waals surface area contributed by atoms with Crippen LogP contribution >= 0.6 is 0 Å². The third-order valence-corrected chi connectivity index (χ3v) is 5.89. The highest BCUT2D eigenvalue weighted by molar-refractivity contribution is 7.92. The summed E-state index contributed by atoms with van der Waals surface area (Å²) in [6, 6.07) is 5.44. The fourth-order valence-electron chi connectivity index (χ4n) is 3.26. The molecular formula is C17H25N3O4S. The summed E-state index contributed by atoms with van der Waals surface area (Å²) in [5.41, 5.74) is 1.43. The molecule has 1 amide bonds. The number of carbonyl (C=O) groups is 1. The Labute approximate surface area is 149 Å². The van der Waals surface area contributed by atoms with Gasteiger partial charge in [-0.2, -0.15) is 0 Å². The van der Waals surface area contributed by atoms with E-state index in [0.29, 0.717) is 11.4 Å². The lowest BCUT2D eigenvalue weighted by Gasteiger charge is -2.35. The molecule has 1 aromatic carbocycles. The van der Waals surface area contributed by atoms with Gasteiger partial charge in [-0.3, -0.25) is 9.10 Å². The molecule has 1 atom stereocenters. The number of nitrogens with zero attached hydrogens (tertiary/aromatic N) is 2. The zero-order valence-electron chi connectivity index (χ0n) is 14.9. The predicted molar refractivity (Wildman–Crippen MR) is 96.4 cm³/mol. The molecule has 1 N–H and O–H groups in total. The Hall–Kier alpha value is -1.80. The number of fused-ring (bicyclic) bond motifs is 1. The van der Waals surface area contributed by atoms with Gasteiger partial charge in [-0.1, -0.05) is 6.07 Å². The lowest BCUT2D eigenvalue weighted by atomic mass is 10.1. The maximum atomic E-state index is 12.6. The molecule has 8 heteroatoms. The number of amides is 1. The third-order valence-electron chi connectivity index (χ3n) is 4.74. The summed E-state index contributed by atoms with van der Waals surface area (Å²) >= 11 is 0. The van der Waals surface area contributed by atoms with Gasteiger partial charge in [0.1, 0.15) is 5.75 Å². The molecular weight excluding hydrogens is 342 g/mol. The summed E-state index contributed by atoms with van der Waals surface area (Å²) in [5, 5.41) is 3.01. The van der Waals surface area contributed by atoms with Crippen molar-refractivity contribution in [3.8, 4) is 5.75 Å². The number of carbonyl (C=O) groups excluding carboxylic acids is 1. The molecule has 0 bridgehead atoms. The molecule has 0 spiro atoms.